The second-order valence-corrected chi connectivity index (χ2v) is 6.62. The van der Waals surface area contributed by atoms with Gasteiger partial charge in [0.2, 0.25) is 0 Å². The lowest BCUT2D eigenvalue weighted by Gasteiger charge is -2.26. The lowest BCUT2D eigenvalue weighted by atomic mass is 9.98. The molecule has 1 aliphatic heterocycles. The van der Waals surface area contributed by atoms with E-state index in [9.17, 15) is 9.90 Å². The van der Waals surface area contributed by atoms with Crippen molar-refractivity contribution in [2.24, 2.45) is 0 Å². The van der Waals surface area contributed by atoms with Crippen molar-refractivity contribution in [1.82, 2.24) is 9.78 Å². The molecule has 0 radical (unpaired) electrons. The molecule has 0 atom stereocenters. The first-order chi connectivity index (χ1) is 11.7. The number of aromatic nitrogens is 2. The molecule has 24 heavy (non-hydrogen) atoms. The minimum atomic E-state index is -0.989. The third-order valence-electron chi connectivity index (χ3n) is 4.27. The van der Waals surface area contributed by atoms with Gasteiger partial charge in [0.1, 0.15) is 5.76 Å². The molecule has 0 bridgehead atoms. The van der Waals surface area contributed by atoms with Gasteiger partial charge in [-0.3, -0.25) is 0 Å². The van der Waals surface area contributed by atoms with Crippen LogP contribution in [0.3, 0.4) is 0 Å². The van der Waals surface area contributed by atoms with Gasteiger partial charge in [-0.2, -0.15) is 5.10 Å². The number of carboxylic acid groups (broad SMARTS) is 1. The highest BCUT2D eigenvalue weighted by Gasteiger charge is 2.33. The molecule has 0 fully saturated rings. The number of para-hydroxylation sites is 1. The van der Waals surface area contributed by atoms with Crippen molar-refractivity contribution >= 4 is 23.3 Å². The van der Waals surface area contributed by atoms with Gasteiger partial charge in [0.15, 0.2) is 5.69 Å². The van der Waals surface area contributed by atoms with Gasteiger partial charge >= 0.3 is 5.97 Å². The van der Waals surface area contributed by atoms with Crippen LogP contribution in [0.5, 0.6) is 0 Å². The van der Waals surface area contributed by atoms with E-state index in [1.54, 1.807) is 23.6 Å². The van der Waals surface area contributed by atoms with Gasteiger partial charge in [-0.25, -0.2) is 9.48 Å². The summed E-state index contributed by atoms with van der Waals surface area (Å²) in [6.45, 7) is 0. The van der Waals surface area contributed by atoms with E-state index < -0.39 is 5.97 Å². The normalized spacial score (nSPS) is 16.3. The van der Waals surface area contributed by atoms with Gasteiger partial charge in [-0.1, -0.05) is 24.3 Å². The fourth-order valence-corrected chi connectivity index (χ4v) is 4.44. The predicted molar refractivity (Wildman–Crippen MR) is 93.1 cm³/mol. The van der Waals surface area contributed by atoms with E-state index in [2.05, 4.69) is 11.2 Å². The first-order valence-corrected chi connectivity index (χ1v) is 8.70. The van der Waals surface area contributed by atoms with Crippen LogP contribution < -0.4 is 0 Å². The van der Waals surface area contributed by atoms with Crippen molar-refractivity contribution in [1.29, 1.82) is 0 Å². The summed E-state index contributed by atoms with van der Waals surface area (Å²) >= 11 is 1.63. The Morgan fingerprint density at radius 2 is 2.12 bits per heavy atom. The van der Waals surface area contributed by atoms with Crippen LogP contribution in [0.25, 0.3) is 11.3 Å². The molecular formula is C18H16N2O3S. The minimum absolute atomic E-state index is 0.130. The molecule has 1 aliphatic carbocycles. The van der Waals surface area contributed by atoms with Crippen molar-refractivity contribution in [3.8, 4) is 5.69 Å². The molecule has 2 aromatic rings. The molecule has 0 saturated carbocycles. The number of hydrogen-bond donors (Lipinski definition) is 1. The van der Waals surface area contributed by atoms with Gasteiger partial charge in [-0.05, 0) is 18.6 Å². The number of aromatic carboxylic acids is 1. The number of allylic oxidation sites excluding steroid dienone is 3. The second kappa shape index (κ2) is 5.87. The van der Waals surface area contributed by atoms with E-state index in [1.807, 2.05) is 30.3 Å². The number of fused-ring (bicyclic) bond motifs is 3. The molecular weight excluding hydrogens is 324 g/mol. The average molecular weight is 340 g/mol. The van der Waals surface area contributed by atoms with Crippen LogP contribution in [0.4, 0.5) is 0 Å². The Kier molecular flexibility index (Phi) is 3.69. The Morgan fingerprint density at radius 3 is 2.83 bits per heavy atom. The molecule has 5 nitrogen and oxygen atoms in total. The molecule has 2 aliphatic rings. The van der Waals surface area contributed by atoms with Gasteiger partial charge in [0.25, 0.3) is 0 Å². The second-order valence-electron chi connectivity index (χ2n) is 5.63. The standard InChI is InChI=1S/C18H16N2O3S/c1-23-14-9-5-8-12-16-13(10-24-17(12)14)15(18(21)22)19-20(16)11-6-3-2-4-7-11/h2-4,6-8H,5,9-10H2,1H3,(H,21,22). The highest BCUT2D eigenvalue weighted by molar-refractivity contribution is 8.03. The molecule has 0 spiro atoms. The van der Waals surface area contributed by atoms with Crippen molar-refractivity contribution in [2.75, 3.05) is 7.11 Å². The van der Waals surface area contributed by atoms with Crippen LogP contribution in [0.15, 0.2) is 47.1 Å². The average Bonchev–Trinajstić information content (AvgIpc) is 3.02. The fourth-order valence-electron chi connectivity index (χ4n) is 3.20. The van der Waals surface area contributed by atoms with Gasteiger partial charge < -0.3 is 9.84 Å². The van der Waals surface area contributed by atoms with Crippen LogP contribution in [0.2, 0.25) is 0 Å². The largest absolute Gasteiger partial charge is 0.500 e. The molecule has 4 rings (SSSR count). The number of carbonyl (C=O) groups is 1. The zero-order valence-electron chi connectivity index (χ0n) is 13.2. The topological polar surface area (TPSA) is 64.3 Å². The smallest absolute Gasteiger partial charge is 0.356 e. The highest BCUT2D eigenvalue weighted by Crippen LogP contribution is 2.47. The fraction of sp³-hybridized carbons (Fsp3) is 0.222. The SMILES string of the molecule is COC1=C2SCc3c(C(=O)O)nn(-c4ccccc4)c3C2=CCC1. The zero-order chi connectivity index (χ0) is 16.7. The first-order valence-electron chi connectivity index (χ1n) is 7.72. The number of thioether (sulfide) groups is 1. The Balaban J connectivity index is 1.98. The molecule has 2 heterocycles. The summed E-state index contributed by atoms with van der Waals surface area (Å²) in [4.78, 5) is 12.8. The Hall–Kier alpha value is -2.47. The third kappa shape index (κ3) is 2.26. The summed E-state index contributed by atoms with van der Waals surface area (Å²) in [6.07, 6.45) is 3.92. The molecule has 1 aromatic carbocycles. The van der Waals surface area contributed by atoms with E-state index in [0.717, 1.165) is 46.0 Å². The maximum absolute atomic E-state index is 11.7. The molecule has 0 amide bonds. The van der Waals surface area contributed by atoms with Crippen molar-refractivity contribution in [2.45, 2.75) is 18.6 Å². The number of ether oxygens (including phenoxy) is 1. The number of hydrogen-bond acceptors (Lipinski definition) is 4. The van der Waals surface area contributed by atoms with Gasteiger partial charge in [0.05, 0.1) is 23.4 Å². The number of benzene rings is 1. The number of nitrogens with zero attached hydrogens (tertiary/aromatic N) is 2. The first kappa shape index (κ1) is 15.1. The minimum Gasteiger partial charge on any atom is -0.500 e. The van der Waals surface area contributed by atoms with Crippen LogP contribution in [0.1, 0.15) is 34.6 Å². The van der Waals surface area contributed by atoms with E-state index in [-0.39, 0.29) is 5.69 Å². The summed E-state index contributed by atoms with van der Waals surface area (Å²) in [5.74, 6) is 0.571. The van der Waals surface area contributed by atoms with Crippen LogP contribution in [-0.4, -0.2) is 28.0 Å². The molecule has 1 aromatic heterocycles. The van der Waals surface area contributed by atoms with E-state index in [0.29, 0.717) is 5.75 Å². The summed E-state index contributed by atoms with van der Waals surface area (Å²) in [5, 5.41) is 14.0. The molecule has 1 N–H and O–H groups in total. The van der Waals surface area contributed by atoms with Crippen molar-refractivity contribution in [3.05, 3.63) is 64.0 Å². The van der Waals surface area contributed by atoms with Crippen molar-refractivity contribution < 1.29 is 14.6 Å². The van der Waals surface area contributed by atoms with E-state index in [4.69, 9.17) is 4.74 Å². The number of carboxylic acids is 1. The zero-order valence-corrected chi connectivity index (χ0v) is 14.0. The summed E-state index contributed by atoms with van der Waals surface area (Å²) in [5.41, 5.74) is 3.68. The maximum atomic E-state index is 11.7. The predicted octanol–water partition coefficient (Wildman–Crippen LogP) is 3.85. The van der Waals surface area contributed by atoms with Crippen LogP contribution in [-0.2, 0) is 10.5 Å². The van der Waals surface area contributed by atoms with Crippen LogP contribution >= 0.6 is 11.8 Å². The van der Waals surface area contributed by atoms with Crippen LogP contribution in [0, 0.1) is 0 Å². The van der Waals surface area contributed by atoms with Gasteiger partial charge in [-0.15, -0.1) is 11.8 Å². The Bertz CT molecular complexity index is 881. The Labute approximate surface area is 143 Å². The summed E-state index contributed by atoms with van der Waals surface area (Å²) in [6, 6.07) is 9.65. The quantitative estimate of drug-likeness (QED) is 0.919. The highest BCUT2D eigenvalue weighted by atomic mass is 32.2. The third-order valence-corrected chi connectivity index (χ3v) is 5.44. The summed E-state index contributed by atoms with van der Waals surface area (Å²) in [7, 11) is 1.69. The summed E-state index contributed by atoms with van der Waals surface area (Å²) < 4.78 is 7.30. The molecule has 0 saturated heterocycles. The number of rotatable bonds is 3. The molecule has 122 valence electrons. The van der Waals surface area contributed by atoms with E-state index >= 15 is 0 Å². The molecule has 6 heteroatoms. The monoisotopic (exact) mass is 340 g/mol. The van der Waals surface area contributed by atoms with E-state index in [1.165, 1.54) is 0 Å². The van der Waals surface area contributed by atoms with Gasteiger partial charge in [0, 0.05) is 23.3 Å². The molecule has 0 unspecified atom stereocenters. The maximum Gasteiger partial charge on any atom is 0.356 e. The van der Waals surface area contributed by atoms with Crippen molar-refractivity contribution in [3.63, 3.8) is 0 Å². The lowest BCUT2D eigenvalue weighted by Crippen LogP contribution is -2.11. The Morgan fingerprint density at radius 1 is 1.33 bits per heavy atom. The number of methoxy groups -OCH3 is 1. The lowest BCUT2D eigenvalue weighted by molar-refractivity contribution is 0.0689.